The first-order valence-corrected chi connectivity index (χ1v) is 9.78. The Hall–Kier alpha value is -3.49. The molecule has 158 valence electrons. The molecule has 2 heterocycles. The molecule has 9 heteroatoms. The minimum Gasteiger partial charge on any atom is -0.494 e. The van der Waals surface area contributed by atoms with Crippen molar-refractivity contribution in [3.63, 3.8) is 0 Å². The maximum absolute atomic E-state index is 12.3. The maximum atomic E-state index is 12.3. The summed E-state index contributed by atoms with van der Waals surface area (Å²) in [6.45, 7) is 7.79. The molecular formula is C21H25N5O4. The van der Waals surface area contributed by atoms with Gasteiger partial charge in [-0.25, -0.2) is 9.50 Å². The Morgan fingerprint density at radius 3 is 2.63 bits per heavy atom. The third-order valence-corrected chi connectivity index (χ3v) is 4.68. The van der Waals surface area contributed by atoms with Crippen LogP contribution < -0.4 is 10.1 Å². The van der Waals surface area contributed by atoms with Crippen molar-refractivity contribution in [2.45, 2.75) is 46.6 Å². The molecule has 0 aliphatic heterocycles. The zero-order valence-electron chi connectivity index (χ0n) is 17.5. The van der Waals surface area contributed by atoms with E-state index in [4.69, 9.17) is 9.47 Å². The number of amides is 1. The molecule has 0 bridgehead atoms. The van der Waals surface area contributed by atoms with Gasteiger partial charge in [0.2, 0.25) is 0 Å². The maximum Gasteiger partial charge on any atom is 0.306 e. The summed E-state index contributed by atoms with van der Waals surface area (Å²) in [5, 5.41) is 6.87. The molecule has 9 nitrogen and oxygen atoms in total. The smallest absolute Gasteiger partial charge is 0.306 e. The lowest BCUT2D eigenvalue weighted by Gasteiger charge is -2.14. The monoisotopic (exact) mass is 411 g/mol. The number of hydrogen-bond acceptors (Lipinski definition) is 7. The molecule has 0 fully saturated rings. The van der Waals surface area contributed by atoms with E-state index in [9.17, 15) is 9.59 Å². The molecule has 1 amide bonds. The Morgan fingerprint density at radius 1 is 1.20 bits per heavy atom. The van der Waals surface area contributed by atoms with Crippen LogP contribution in [0.3, 0.4) is 0 Å². The van der Waals surface area contributed by atoms with E-state index < -0.39 is 18.0 Å². The number of rotatable bonds is 8. The molecule has 1 atom stereocenters. The minimum atomic E-state index is -0.915. The Kier molecular flexibility index (Phi) is 6.61. The van der Waals surface area contributed by atoms with Crippen LogP contribution in [-0.4, -0.2) is 44.2 Å². The Bertz CT molecular complexity index is 1050. The predicted octanol–water partition coefficient (Wildman–Crippen LogP) is 2.64. The molecule has 0 saturated carbocycles. The van der Waals surface area contributed by atoms with Crippen molar-refractivity contribution in [1.29, 1.82) is 0 Å². The number of benzene rings is 1. The first kappa shape index (κ1) is 21.2. The van der Waals surface area contributed by atoms with Crippen molar-refractivity contribution in [1.82, 2.24) is 19.6 Å². The van der Waals surface area contributed by atoms with Crippen LogP contribution in [0.4, 0.5) is 5.69 Å². The van der Waals surface area contributed by atoms with Crippen molar-refractivity contribution in [3.05, 3.63) is 47.5 Å². The molecule has 0 saturated heterocycles. The van der Waals surface area contributed by atoms with E-state index in [1.807, 2.05) is 20.8 Å². The van der Waals surface area contributed by atoms with Crippen LogP contribution in [0.5, 0.6) is 5.75 Å². The summed E-state index contributed by atoms with van der Waals surface area (Å²) in [7, 11) is 0. The summed E-state index contributed by atoms with van der Waals surface area (Å²) >= 11 is 0. The number of carbonyl (C=O) groups is 2. The number of hydrogen-bond donors (Lipinski definition) is 1. The van der Waals surface area contributed by atoms with Crippen molar-refractivity contribution in [3.8, 4) is 5.75 Å². The van der Waals surface area contributed by atoms with Crippen LogP contribution in [0.1, 0.15) is 37.2 Å². The molecule has 30 heavy (non-hydrogen) atoms. The lowest BCUT2D eigenvalue weighted by molar-refractivity contribution is -0.153. The second-order valence-corrected chi connectivity index (χ2v) is 6.81. The molecule has 1 aromatic carbocycles. The molecule has 0 aliphatic rings. The van der Waals surface area contributed by atoms with Crippen LogP contribution in [-0.2, 0) is 20.7 Å². The van der Waals surface area contributed by atoms with E-state index in [1.54, 1.807) is 35.7 Å². The molecule has 0 unspecified atom stereocenters. The van der Waals surface area contributed by atoms with Crippen molar-refractivity contribution in [2.24, 2.45) is 0 Å². The van der Waals surface area contributed by atoms with E-state index in [-0.39, 0.29) is 6.42 Å². The van der Waals surface area contributed by atoms with Gasteiger partial charge in [0.15, 0.2) is 6.10 Å². The fraction of sp³-hybridized carbons (Fsp3) is 0.381. The molecular weight excluding hydrogens is 386 g/mol. The van der Waals surface area contributed by atoms with Crippen LogP contribution in [0, 0.1) is 13.8 Å². The van der Waals surface area contributed by atoms with Gasteiger partial charge < -0.3 is 14.8 Å². The van der Waals surface area contributed by atoms with E-state index >= 15 is 0 Å². The number of nitrogens with zero attached hydrogens (tertiary/aromatic N) is 4. The van der Waals surface area contributed by atoms with Gasteiger partial charge in [-0.1, -0.05) is 0 Å². The van der Waals surface area contributed by atoms with Gasteiger partial charge in [0.1, 0.15) is 12.1 Å². The number of esters is 1. The molecule has 3 rings (SSSR count). The number of carbonyl (C=O) groups excluding carboxylic acids is 2. The molecule has 0 radical (unpaired) electrons. The van der Waals surface area contributed by atoms with Crippen molar-refractivity contribution in [2.75, 3.05) is 11.9 Å². The van der Waals surface area contributed by atoms with E-state index in [0.29, 0.717) is 24.5 Å². The largest absolute Gasteiger partial charge is 0.494 e. The summed E-state index contributed by atoms with van der Waals surface area (Å²) in [6, 6.07) is 6.99. The molecule has 0 spiro atoms. The standard InChI is InChI=1S/C21H25N5O4/c1-5-29-17-8-6-16(7-9-17)25-20(28)15(4)30-19(27)11-10-18-13(2)24-21-22-12-23-26(21)14(18)3/h6-9,12,15H,5,10-11H2,1-4H3,(H,25,28)/t15-/m0/s1. The highest BCUT2D eigenvalue weighted by Gasteiger charge is 2.19. The van der Waals surface area contributed by atoms with E-state index in [0.717, 1.165) is 22.7 Å². The van der Waals surface area contributed by atoms with E-state index in [1.165, 1.54) is 6.33 Å². The average molecular weight is 411 g/mol. The fourth-order valence-electron chi connectivity index (χ4n) is 3.10. The summed E-state index contributed by atoms with van der Waals surface area (Å²) < 4.78 is 12.3. The van der Waals surface area contributed by atoms with Crippen LogP contribution in [0.15, 0.2) is 30.6 Å². The normalized spacial score (nSPS) is 11.9. The second kappa shape index (κ2) is 9.34. The zero-order valence-corrected chi connectivity index (χ0v) is 17.5. The molecule has 3 aromatic rings. The van der Waals surface area contributed by atoms with E-state index in [2.05, 4.69) is 20.4 Å². The number of aromatic nitrogens is 4. The lowest BCUT2D eigenvalue weighted by atomic mass is 10.1. The topological polar surface area (TPSA) is 108 Å². The highest BCUT2D eigenvalue weighted by atomic mass is 16.5. The summed E-state index contributed by atoms with van der Waals surface area (Å²) in [5.74, 6) is 0.391. The first-order valence-electron chi connectivity index (χ1n) is 9.78. The third kappa shape index (κ3) is 4.91. The van der Waals surface area contributed by atoms with Gasteiger partial charge in [0.25, 0.3) is 11.7 Å². The fourth-order valence-corrected chi connectivity index (χ4v) is 3.10. The highest BCUT2D eigenvalue weighted by Crippen LogP contribution is 2.17. The van der Waals surface area contributed by atoms with Crippen LogP contribution >= 0.6 is 0 Å². The lowest BCUT2D eigenvalue weighted by Crippen LogP contribution is -2.30. The number of fused-ring (bicyclic) bond motifs is 1. The Balaban J connectivity index is 1.53. The Morgan fingerprint density at radius 2 is 1.93 bits per heavy atom. The molecule has 0 aliphatic carbocycles. The van der Waals surface area contributed by atoms with Gasteiger partial charge in [0, 0.05) is 23.5 Å². The highest BCUT2D eigenvalue weighted by molar-refractivity contribution is 5.95. The Labute approximate surface area is 174 Å². The van der Waals surface area contributed by atoms with Gasteiger partial charge in [-0.15, -0.1) is 0 Å². The van der Waals surface area contributed by atoms with Crippen molar-refractivity contribution < 1.29 is 19.1 Å². The average Bonchev–Trinajstić information content (AvgIpc) is 3.18. The third-order valence-electron chi connectivity index (χ3n) is 4.68. The van der Waals surface area contributed by atoms with Crippen LogP contribution in [0.2, 0.25) is 0 Å². The predicted molar refractivity (Wildman–Crippen MR) is 110 cm³/mol. The molecule has 1 N–H and O–H groups in total. The first-order chi connectivity index (χ1) is 14.4. The van der Waals surface area contributed by atoms with Gasteiger partial charge in [0.05, 0.1) is 6.61 Å². The number of ether oxygens (including phenoxy) is 2. The van der Waals surface area contributed by atoms with Gasteiger partial charge in [-0.3, -0.25) is 9.59 Å². The number of aryl methyl sites for hydroxylation is 2. The van der Waals surface area contributed by atoms with Crippen molar-refractivity contribution >= 4 is 23.3 Å². The van der Waals surface area contributed by atoms with Gasteiger partial charge in [-0.2, -0.15) is 10.1 Å². The number of nitrogens with one attached hydrogen (secondary N) is 1. The van der Waals surface area contributed by atoms with Gasteiger partial charge >= 0.3 is 5.97 Å². The minimum absolute atomic E-state index is 0.129. The SMILES string of the molecule is CCOc1ccc(NC(=O)[C@H](C)OC(=O)CCc2c(C)nc3ncnn3c2C)cc1. The zero-order chi connectivity index (χ0) is 21.7. The quantitative estimate of drug-likeness (QED) is 0.568. The second-order valence-electron chi connectivity index (χ2n) is 6.81. The summed E-state index contributed by atoms with van der Waals surface area (Å²) in [4.78, 5) is 33.0. The number of anilines is 1. The van der Waals surface area contributed by atoms with Crippen LogP contribution in [0.25, 0.3) is 5.78 Å². The summed E-state index contributed by atoms with van der Waals surface area (Å²) in [6.07, 6.45) is 1.09. The molecule has 2 aromatic heterocycles. The van der Waals surface area contributed by atoms with Gasteiger partial charge in [-0.05, 0) is 63.9 Å². The summed E-state index contributed by atoms with van der Waals surface area (Å²) in [5.41, 5.74) is 3.19.